The van der Waals surface area contributed by atoms with E-state index in [1.807, 2.05) is 0 Å². The minimum Gasteiger partial charge on any atom is -0.207 e. The van der Waals surface area contributed by atoms with Crippen LogP contribution in [0.1, 0.15) is 37.3 Å². The van der Waals surface area contributed by atoms with E-state index in [2.05, 4.69) is 6.92 Å². The van der Waals surface area contributed by atoms with Gasteiger partial charge in [-0.1, -0.05) is 19.8 Å². The van der Waals surface area contributed by atoms with E-state index in [-0.39, 0.29) is 11.6 Å². The fourth-order valence-corrected chi connectivity index (χ4v) is 1.44. The zero-order valence-corrected chi connectivity index (χ0v) is 8.74. The first-order valence-electron chi connectivity index (χ1n) is 5.09. The molecule has 0 bridgehead atoms. The number of hydrogen-bond acceptors (Lipinski definition) is 0. The molecule has 0 nitrogen and oxygen atoms in total. The van der Waals surface area contributed by atoms with Gasteiger partial charge in [0.15, 0.2) is 0 Å². The minimum absolute atomic E-state index is 0.278. The molecular weight excluding hydrogens is 182 g/mol. The van der Waals surface area contributed by atoms with Gasteiger partial charge in [0.1, 0.15) is 11.6 Å². The summed E-state index contributed by atoms with van der Waals surface area (Å²) in [6.45, 7) is 3.67. The smallest absolute Gasteiger partial charge is 0.126 e. The van der Waals surface area contributed by atoms with E-state index in [4.69, 9.17) is 0 Å². The molecule has 1 rings (SSSR count). The highest BCUT2D eigenvalue weighted by atomic mass is 19.1. The molecule has 0 atom stereocenters. The second kappa shape index (κ2) is 5.08. The molecule has 0 radical (unpaired) electrons. The molecule has 0 unspecified atom stereocenters. The predicted octanol–water partition coefficient (Wildman–Crippen LogP) is 4.01. The van der Waals surface area contributed by atoms with Gasteiger partial charge in [-0.05, 0) is 43.0 Å². The molecule has 0 aliphatic rings. The first-order valence-corrected chi connectivity index (χ1v) is 5.09. The number of hydrogen-bond donors (Lipinski definition) is 0. The molecule has 0 N–H and O–H groups in total. The van der Waals surface area contributed by atoms with E-state index < -0.39 is 0 Å². The van der Waals surface area contributed by atoms with Gasteiger partial charge in [0.05, 0.1) is 0 Å². The van der Waals surface area contributed by atoms with Gasteiger partial charge >= 0.3 is 0 Å². The van der Waals surface area contributed by atoms with E-state index in [1.54, 1.807) is 6.92 Å². The lowest BCUT2D eigenvalue weighted by atomic mass is 10.0. The lowest BCUT2D eigenvalue weighted by Crippen LogP contribution is -1.95. The average molecular weight is 198 g/mol. The summed E-state index contributed by atoms with van der Waals surface area (Å²) in [5.41, 5.74) is 0.878. The highest BCUT2D eigenvalue weighted by Gasteiger charge is 2.06. The molecule has 0 saturated carbocycles. The van der Waals surface area contributed by atoms with Crippen LogP contribution in [0.2, 0.25) is 0 Å². The normalized spacial score (nSPS) is 10.6. The monoisotopic (exact) mass is 198 g/mol. The maximum atomic E-state index is 13.3. The molecule has 0 fully saturated rings. The highest BCUT2D eigenvalue weighted by Crippen LogP contribution is 2.16. The van der Waals surface area contributed by atoms with Crippen LogP contribution in [0, 0.1) is 18.6 Å². The predicted molar refractivity (Wildman–Crippen MR) is 54.3 cm³/mol. The van der Waals surface area contributed by atoms with Crippen LogP contribution in [0.3, 0.4) is 0 Å². The molecule has 0 spiro atoms. The van der Waals surface area contributed by atoms with Crippen LogP contribution >= 0.6 is 0 Å². The summed E-state index contributed by atoms with van der Waals surface area (Å²) in [5.74, 6) is -0.585. The van der Waals surface area contributed by atoms with Crippen molar-refractivity contribution in [2.45, 2.75) is 39.5 Å². The molecule has 0 aliphatic heterocycles. The third kappa shape index (κ3) is 2.79. The van der Waals surface area contributed by atoms with Crippen molar-refractivity contribution in [3.8, 4) is 0 Å². The van der Waals surface area contributed by atoms with Crippen molar-refractivity contribution >= 4 is 0 Å². The van der Waals surface area contributed by atoms with Crippen molar-refractivity contribution < 1.29 is 8.78 Å². The van der Waals surface area contributed by atoms with Gasteiger partial charge < -0.3 is 0 Å². The van der Waals surface area contributed by atoms with Crippen LogP contribution in [-0.2, 0) is 6.42 Å². The number of benzene rings is 1. The Labute approximate surface area is 84.0 Å². The Morgan fingerprint density at radius 1 is 1.07 bits per heavy atom. The van der Waals surface area contributed by atoms with Crippen LogP contribution in [-0.4, -0.2) is 0 Å². The highest BCUT2D eigenvalue weighted by molar-refractivity contribution is 5.25. The van der Waals surface area contributed by atoms with E-state index in [0.29, 0.717) is 17.5 Å². The Kier molecular flexibility index (Phi) is 4.05. The van der Waals surface area contributed by atoms with Gasteiger partial charge in [0.25, 0.3) is 0 Å². The van der Waals surface area contributed by atoms with Gasteiger partial charge in [-0.3, -0.25) is 0 Å². The molecule has 0 amide bonds. The number of halogens is 2. The first kappa shape index (κ1) is 11.2. The zero-order chi connectivity index (χ0) is 10.6. The molecule has 2 heteroatoms. The summed E-state index contributed by atoms with van der Waals surface area (Å²) < 4.78 is 26.4. The Hall–Kier alpha value is -0.920. The quantitative estimate of drug-likeness (QED) is 0.641. The fraction of sp³-hybridized carbons (Fsp3) is 0.500. The number of rotatable bonds is 4. The summed E-state index contributed by atoms with van der Waals surface area (Å²) in [6.07, 6.45) is 3.72. The lowest BCUT2D eigenvalue weighted by molar-refractivity contribution is 0.571. The molecule has 0 saturated heterocycles. The molecule has 0 heterocycles. The van der Waals surface area contributed by atoms with Gasteiger partial charge in [-0.15, -0.1) is 0 Å². The first-order chi connectivity index (χ1) is 6.65. The van der Waals surface area contributed by atoms with Crippen molar-refractivity contribution in [1.82, 2.24) is 0 Å². The van der Waals surface area contributed by atoms with Gasteiger partial charge in [0, 0.05) is 0 Å². The topological polar surface area (TPSA) is 0 Å². The van der Waals surface area contributed by atoms with Crippen LogP contribution in [0.4, 0.5) is 8.78 Å². The van der Waals surface area contributed by atoms with Crippen molar-refractivity contribution in [3.63, 3.8) is 0 Å². The SMILES string of the molecule is CCCCCc1cc(F)c(C)cc1F. The molecule has 1 aromatic carbocycles. The largest absolute Gasteiger partial charge is 0.207 e. The molecule has 14 heavy (non-hydrogen) atoms. The van der Waals surface area contributed by atoms with Crippen molar-refractivity contribution in [1.29, 1.82) is 0 Å². The molecule has 78 valence electrons. The van der Waals surface area contributed by atoms with Gasteiger partial charge in [0.2, 0.25) is 0 Å². The summed E-state index contributed by atoms with van der Waals surface area (Å²) in [7, 11) is 0. The average Bonchev–Trinajstić information content (AvgIpc) is 2.14. The second-order valence-electron chi connectivity index (χ2n) is 3.65. The molecule has 1 aromatic rings. The van der Waals surface area contributed by atoms with Gasteiger partial charge in [-0.25, -0.2) is 8.78 Å². The van der Waals surface area contributed by atoms with Crippen LogP contribution in [0.5, 0.6) is 0 Å². The Morgan fingerprint density at radius 2 is 1.79 bits per heavy atom. The van der Waals surface area contributed by atoms with Crippen LogP contribution in [0.15, 0.2) is 12.1 Å². The molecule has 0 aromatic heterocycles. The minimum atomic E-state index is -0.308. The Bertz CT molecular complexity index is 305. The third-order valence-electron chi connectivity index (χ3n) is 2.38. The zero-order valence-electron chi connectivity index (χ0n) is 8.74. The lowest BCUT2D eigenvalue weighted by Gasteiger charge is -2.04. The standard InChI is InChI=1S/C12H16F2/c1-3-4-5-6-10-8-11(13)9(2)7-12(10)14/h7-8H,3-6H2,1-2H3. The maximum Gasteiger partial charge on any atom is 0.126 e. The number of unbranched alkanes of at least 4 members (excludes halogenated alkanes) is 2. The fourth-order valence-electron chi connectivity index (χ4n) is 1.44. The van der Waals surface area contributed by atoms with Crippen LogP contribution < -0.4 is 0 Å². The summed E-state index contributed by atoms with van der Waals surface area (Å²) in [5, 5.41) is 0. The van der Waals surface area contributed by atoms with Crippen molar-refractivity contribution in [2.75, 3.05) is 0 Å². The third-order valence-corrected chi connectivity index (χ3v) is 2.38. The second-order valence-corrected chi connectivity index (χ2v) is 3.65. The summed E-state index contributed by atoms with van der Waals surface area (Å²) in [4.78, 5) is 0. The van der Waals surface area contributed by atoms with Crippen LogP contribution in [0.25, 0.3) is 0 Å². The molecular formula is C12H16F2. The van der Waals surface area contributed by atoms with E-state index in [9.17, 15) is 8.78 Å². The van der Waals surface area contributed by atoms with Gasteiger partial charge in [-0.2, -0.15) is 0 Å². The van der Waals surface area contributed by atoms with E-state index in [0.717, 1.165) is 19.3 Å². The van der Waals surface area contributed by atoms with Crippen molar-refractivity contribution in [2.24, 2.45) is 0 Å². The molecule has 0 aliphatic carbocycles. The maximum absolute atomic E-state index is 13.3. The van der Waals surface area contributed by atoms with Crippen molar-refractivity contribution in [3.05, 3.63) is 34.9 Å². The Morgan fingerprint density at radius 3 is 2.43 bits per heavy atom. The van der Waals surface area contributed by atoms with E-state index in [1.165, 1.54) is 12.1 Å². The Balaban J connectivity index is 2.72. The summed E-state index contributed by atoms with van der Waals surface area (Å²) >= 11 is 0. The number of aryl methyl sites for hydroxylation is 2. The van der Waals surface area contributed by atoms with E-state index >= 15 is 0 Å². The summed E-state index contributed by atoms with van der Waals surface area (Å²) in [6, 6.07) is 2.59.